The van der Waals surface area contributed by atoms with Crippen molar-refractivity contribution in [2.75, 3.05) is 37.2 Å². The maximum atomic E-state index is 12.8. The van der Waals surface area contributed by atoms with E-state index in [0.717, 1.165) is 43.7 Å². The van der Waals surface area contributed by atoms with E-state index < -0.39 is 0 Å². The van der Waals surface area contributed by atoms with Gasteiger partial charge in [-0.3, -0.25) is 9.89 Å². The number of hydrogen-bond acceptors (Lipinski definition) is 5. The van der Waals surface area contributed by atoms with Gasteiger partial charge in [0.1, 0.15) is 0 Å². The number of amides is 3. The lowest BCUT2D eigenvalue weighted by Crippen LogP contribution is -2.40. The minimum atomic E-state index is -0.379. The number of anilines is 1. The highest BCUT2D eigenvalue weighted by Crippen LogP contribution is 2.31. The molecule has 1 aromatic carbocycles. The highest BCUT2D eigenvalue weighted by molar-refractivity contribution is 8.00. The normalized spacial score (nSPS) is 18.1. The Morgan fingerprint density at radius 3 is 2.61 bits per heavy atom. The van der Waals surface area contributed by atoms with Gasteiger partial charge in [0.25, 0.3) is 0 Å². The molecule has 0 spiro atoms. The summed E-state index contributed by atoms with van der Waals surface area (Å²) in [5.74, 6) is 0.757. The molecule has 2 aliphatic rings. The molecular formula is C22H30N6O2S. The number of likely N-dealkylation sites (tertiary alicyclic amines) is 1. The van der Waals surface area contributed by atoms with Gasteiger partial charge in [0.15, 0.2) is 0 Å². The molecule has 2 fully saturated rings. The Kier molecular flexibility index (Phi) is 7.14. The summed E-state index contributed by atoms with van der Waals surface area (Å²) in [6.07, 6.45) is 4.11. The van der Waals surface area contributed by atoms with Crippen molar-refractivity contribution in [1.29, 1.82) is 0 Å². The van der Waals surface area contributed by atoms with E-state index in [1.807, 2.05) is 29.2 Å². The molecule has 3 heterocycles. The summed E-state index contributed by atoms with van der Waals surface area (Å²) >= 11 is 1.33. The van der Waals surface area contributed by atoms with Crippen LogP contribution in [0, 0.1) is 0 Å². The average Bonchev–Trinajstić information content (AvgIpc) is 3.29. The van der Waals surface area contributed by atoms with Gasteiger partial charge in [-0.15, -0.1) is 11.8 Å². The van der Waals surface area contributed by atoms with Gasteiger partial charge in [-0.25, -0.2) is 4.79 Å². The third kappa shape index (κ3) is 5.59. The summed E-state index contributed by atoms with van der Waals surface area (Å²) in [4.78, 5) is 26.6. The average molecular weight is 443 g/mol. The maximum Gasteiger partial charge on any atom is 0.321 e. The molecule has 0 radical (unpaired) electrons. The van der Waals surface area contributed by atoms with Crippen LogP contribution in [0.2, 0.25) is 0 Å². The van der Waals surface area contributed by atoms with E-state index in [1.165, 1.54) is 23.1 Å². The Balaban J connectivity index is 1.30. The fourth-order valence-corrected chi connectivity index (χ4v) is 5.07. The van der Waals surface area contributed by atoms with E-state index in [-0.39, 0.29) is 17.7 Å². The molecule has 2 aromatic rings. The largest absolute Gasteiger partial charge is 0.369 e. The molecule has 2 aliphatic heterocycles. The van der Waals surface area contributed by atoms with Gasteiger partial charge in [0.05, 0.1) is 17.1 Å². The van der Waals surface area contributed by atoms with Gasteiger partial charge in [-0.2, -0.15) is 5.10 Å². The molecule has 2 saturated heterocycles. The van der Waals surface area contributed by atoms with Gasteiger partial charge in [-0.1, -0.05) is 12.1 Å². The summed E-state index contributed by atoms with van der Waals surface area (Å²) in [7, 11) is 0. The molecule has 5 N–H and O–H groups in total. The number of rotatable bonds is 6. The van der Waals surface area contributed by atoms with Crippen molar-refractivity contribution >= 4 is 29.4 Å². The molecule has 0 aliphatic carbocycles. The number of benzene rings is 1. The Morgan fingerprint density at radius 2 is 1.87 bits per heavy atom. The fourth-order valence-electron chi connectivity index (χ4n) is 4.32. The second-order valence-corrected chi connectivity index (χ2v) is 9.23. The number of H-pyrrole nitrogens is 1. The second kappa shape index (κ2) is 10.2. The summed E-state index contributed by atoms with van der Waals surface area (Å²) in [5, 5.41) is 14.2. The third-order valence-corrected chi connectivity index (χ3v) is 7.19. The number of hydrogen-bond donors (Lipinski definition) is 4. The van der Waals surface area contributed by atoms with Gasteiger partial charge < -0.3 is 21.3 Å². The SMILES string of the molecule is NC(=O)CSc1ccccc1NC(=O)N1CCC(c2cc(C3CCNCC3)n[nH]2)CC1. The smallest absolute Gasteiger partial charge is 0.321 e. The highest BCUT2D eigenvalue weighted by Gasteiger charge is 2.26. The van der Waals surface area contributed by atoms with Crippen LogP contribution in [0.15, 0.2) is 35.2 Å². The van der Waals surface area contributed by atoms with Crippen LogP contribution in [-0.4, -0.2) is 59.0 Å². The minimum absolute atomic E-state index is 0.106. The summed E-state index contributed by atoms with van der Waals surface area (Å²) < 4.78 is 0. The molecule has 9 heteroatoms. The zero-order valence-electron chi connectivity index (χ0n) is 17.6. The number of para-hydroxylation sites is 1. The van der Waals surface area contributed by atoms with Crippen LogP contribution >= 0.6 is 11.8 Å². The quantitative estimate of drug-likeness (QED) is 0.514. The number of thioether (sulfide) groups is 1. The van der Waals surface area contributed by atoms with E-state index in [2.05, 4.69) is 26.9 Å². The van der Waals surface area contributed by atoms with Crippen molar-refractivity contribution in [3.05, 3.63) is 41.7 Å². The Bertz CT molecular complexity index is 903. The van der Waals surface area contributed by atoms with Gasteiger partial charge in [-0.05, 0) is 57.0 Å². The van der Waals surface area contributed by atoms with E-state index in [1.54, 1.807) is 0 Å². The zero-order chi connectivity index (χ0) is 21.6. The van der Waals surface area contributed by atoms with Crippen molar-refractivity contribution in [3.63, 3.8) is 0 Å². The van der Waals surface area contributed by atoms with Crippen LogP contribution in [-0.2, 0) is 4.79 Å². The molecule has 0 atom stereocenters. The first-order valence-electron chi connectivity index (χ1n) is 10.9. The summed E-state index contributed by atoms with van der Waals surface area (Å²) in [5.41, 5.74) is 8.34. The van der Waals surface area contributed by atoms with Gasteiger partial charge in [0.2, 0.25) is 5.91 Å². The zero-order valence-corrected chi connectivity index (χ0v) is 18.4. The Morgan fingerprint density at radius 1 is 1.13 bits per heavy atom. The summed E-state index contributed by atoms with van der Waals surface area (Å²) in [6, 6.07) is 9.61. The molecule has 0 unspecified atom stereocenters. The molecular weight excluding hydrogens is 412 g/mol. The van der Waals surface area contributed by atoms with Crippen LogP contribution in [0.5, 0.6) is 0 Å². The maximum absolute atomic E-state index is 12.8. The Hall–Kier alpha value is -2.52. The van der Waals surface area contributed by atoms with Crippen LogP contribution in [0.25, 0.3) is 0 Å². The number of nitrogens with two attached hydrogens (primary N) is 1. The lowest BCUT2D eigenvalue weighted by atomic mass is 9.91. The molecule has 4 rings (SSSR count). The number of aromatic amines is 1. The number of nitrogens with zero attached hydrogens (tertiary/aromatic N) is 2. The highest BCUT2D eigenvalue weighted by atomic mass is 32.2. The van der Waals surface area contributed by atoms with Crippen molar-refractivity contribution in [2.45, 2.75) is 42.4 Å². The monoisotopic (exact) mass is 442 g/mol. The fraction of sp³-hybridized carbons (Fsp3) is 0.500. The van der Waals surface area contributed by atoms with Gasteiger partial charge >= 0.3 is 6.03 Å². The van der Waals surface area contributed by atoms with Gasteiger partial charge in [0, 0.05) is 35.5 Å². The number of urea groups is 1. The molecule has 0 bridgehead atoms. The molecule has 31 heavy (non-hydrogen) atoms. The van der Waals surface area contributed by atoms with Crippen LogP contribution < -0.4 is 16.4 Å². The van der Waals surface area contributed by atoms with Crippen molar-refractivity contribution in [3.8, 4) is 0 Å². The van der Waals surface area contributed by atoms with Crippen LogP contribution in [0.1, 0.15) is 48.9 Å². The van der Waals surface area contributed by atoms with Crippen molar-refractivity contribution in [1.82, 2.24) is 20.4 Å². The predicted octanol–water partition coefficient (Wildman–Crippen LogP) is 2.87. The van der Waals surface area contributed by atoms with Crippen LogP contribution in [0.4, 0.5) is 10.5 Å². The third-order valence-electron chi connectivity index (χ3n) is 6.10. The number of nitrogens with one attached hydrogen (secondary N) is 3. The van der Waals surface area contributed by atoms with E-state index >= 15 is 0 Å². The number of aromatic nitrogens is 2. The topological polar surface area (TPSA) is 116 Å². The Labute approximate surface area is 186 Å². The first-order valence-corrected chi connectivity index (χ1v) is 11.9. The minimum Gasteiger partial charge on any atom is -0.369 e. The lowest BCUT2D eigenvalue weighted by Gasteiger charge is -2.31. The first-order chi connectivity index (χ1) is 15.1. The standard InChI is InChI=1S/C22H30N6O2S/c23-21(29)14-31-20-4-2-1-3-17(20)25-22(30)28-11-7-16(8-12-28)19-13-18(26-27-19)15-5-9-24-10-6-15/h1-4,13,15-16,24H,5-12,14H2,(H2,23,29)(H,25,30)(H,26,27). The molecule has 0 saturated carbocycles. The van der Waals surface area contributed by atoms with E-state index in [4.69, 9.17) is 5.73 Å². The first kappa shape index (κ1) is 21.7. The number of carbonyl (C=O) groups excluding carboxylic acids is 2. The predicted molar refractivity (Wildman–Crippen MR) is 122 cm³/mol. The van der Waals surface area contributed by atoms with Crippen molar-refractivity contribution in [2.24, 2.45) is 5.73 Å². The lowest BCUT2D eigenvalue weighted by molar-refractivity contribution is -0.115. The van der Waals surface area contributed by atoms with E-state index in [0.29, 0.717) is 30.6 Å². The van der Waals surface area contributed by atoms with E-state index in [9.17, 15) is 9.59 Å². The number of piperidine rings is 2. The number of primary amides is 1. The molecule has 1 aromatic heterocycles. The molecule has 166 valence electrons. The molecule has 3 amide bonds. The van der Waals surface area contributed by atoms with Crippen molar-refractivity contribution < 1.29 is 9.59 Å². The number of carbonyl (C=O) groups is 2. The second-order valence-electron chi connectivity index (χ2n) is 8.22. The summed E-state index contributed by atoms with van der Waals surface area (Å²) in [6.45, 7) is 3.53. The molecule has 8 nitrogen and oxygen atoms in total. The van der Waals surface area contributed by atoms with Crippen LogP contribution in [0.3, 0.4) is 0 Å².